The predicted molar refractivity (Wildman–Crippen MR) is 102 cm³/mol. The molecule has 0 bridgehead atoms. The Kier molecular flexibility index (Phi) is 7.27. The molecule has 8 heteroatoms. The van der Waals surface area contributed by atoms with Crippen molar-refractivity contribution in [3.8, 4) is 0 Å². The normalized spacial score (nSPS) is 10.4. The number of rotatable bonds is 7. The fraction of sp³-hybridized carbons (Fsp3) is 0.200. The van der Waals surface area contributed by atoms with Gasteiger partial charge < -0.3 is 19.6 Å². The quantitative estimate of drug-likeness (QED) is 0.447. The molecule has 1 amide bonds. The first kappa shape index (κ1) is 20.6. The van der Waals surface area contributed by atoms with Gasteiger partial charge in [-0.1, -0.05) is 29.4 Å². The number of amides is 1. The van der Waals surface area contributed by atoms with Crippen LogP contribution in [0.4, 0.5) is 5.69 Å². The summed E-state index contributed by atoms with van der Waals surface area (Å²) in [6.07, 6.45) is 1.51. The highest BCUT2D eigenvalue weighted by molar-refractivity contribution is 5.99. The molecular formula is C20H20N2O6. The first-order valence-corrected chi connectivity index (χ1v) is 8.27. The van der Waals surface area contributed by atoms with Crippen LogP contribution >= 0.6 is 0 Å². The second kappa shape index (κ2) is 9.86. The number of oxime groups is 1. The minimum Gasteiger partial charge on any atom is -0.465 e. The summed E-state index contributed by atoms with van der Waals surface area (Å²) in [6.45, 7) is 1.58. The van der Waals surface area contributed by atoms with Crippen LogP contribution in [0.3, 0.4) is 0 Å². The van der Waals surface area contributed by atoms with E-state index in [4.69, 9.17) is 4.84 Å². The Morgan fingerprint density at radius 2 is 1.61 bits per heavy atom. The lowest BCUT2D eigenvalue weighted by Gasteiger charge is -2.09. The van der Waals surface area contributed by atoms with Crippen LogP contribution in [0.1, 0.15) is 31.8 Å². The van der Waals surface area contributed by atoms with Gasteiger partial charge in [0, 0.05) is 5.69 Å². The summed E-state index contributed by atoms with van der Waals surface area (Å²) < 4.78 is 9.30. The van der Waals surface area contributed by atoms with Crippen LogP contribution in [0, 0.1) is 6.92 Å². The van der Waals surface area contributed by atoms with Crippen molar-refractivity contribution < 1.29 is 28.7 Å². The molecule has 0 heterocycles. The third-order valence-corrected chi connectivity index (χ3v) is 3.71. The molecule has 0 unspecified atom stereocenters. The average Bonchev–Trinajstić information content (AvgIpc) is 2.70. The number of methoxy groups -OCH3 is 2. The van der Waals surface area contributed by atoms with Crippen LogP contribution < -0.4 is 5.32 Å². The maximum Gasteiger partial charge on any atom is 0.337 e. The molecule has 0 fully saturated rings. The van der Waals surface area contributed by atoms with Crippen molar-refractivity contribution in [2.45, 2.75) is 6.92 Å². The number of hydrogen-bond acceptors (Lipinski definition) is 7. The third-order valence-electron chi connectivity index (χ3n) is 3.71. The highest BCUT2D eigenvalue weighted by Crippen LogP contribution is 2.17. The Morgan fingerprint density at radius 1 is 1.00 bits per heavy atom. The van der Waals surface area contributed by atoms with E-state index in [-0.39, 0.29) is 23.4 Å². The molecule has 0 aliphatic rings. The van der Waals surface area contributed by atoms with Gasteiger partial charge in [-0.2, -0.15) is 0 Å². The van der Waals surface area contributed by atoms with Crippen LogP contribution in [0.5, 0.6) is 0 Å². The topological polar surface area (TPSA) is 103 Å². The summed E-state index contributed by atoms with van der Waals surface area (Å²) in [7, 11) is 2.43. The number of nitrogens with one attached hydrogen (secondary N) is 1. The lowest BCUT2D eigenvalue weighted by atomic mass is 10.1. The fourth-order valence-corrected chi connectivity index (χ4v) is 2.29. The Balaban J connectivity index is 2.03. The number of ether oxygens (including phenoxy) is 2. The minimum absolute atomic E-state index is 0.0965. The Bertz CT molecular complexity index is 873. The van der Waals surface area contributed by atoms with Gasteiger partial charge >= 0.3 is 11.9 Å². The number of hydrogen-bond donors (Lipinski definition) is 1. The fourth-order valence-electron chi connectivity index (χ4n) is 2.29. The van der Waals surface area contributed by atoms with Gasteiger partial charge in [0.15, 0.2) is 6.61 Å². The Morgan fingerprint density at radius 3 is 2.18 bits per heavy atom. The zero-order valence-electron chi connectivity index (χ0n) is 15.7. The molecule has 0 aliphatic carbocycles. The smallest absolute Gasteiger partial charge is 0.337 e. The molecule has 0 saturated heterocycles. The average molecular weight is 384 g/mol. The van der Waals surface area contributed by atoms with E-state index in [1.807, 2.05) is 31.2 Å². The minimum atomic E-state index is -0.652. The van der Waals surface area contributed by atoms with Crippen LogP contribution in [-0.4, -0.2) is 44.9 Å². The summed E-state index contributed by atoms with van der Waals surface area (Å²) in [5.74, 6) is -1.82. The summed E-state index contributed by atoms with van der Waals surface area (Å²) >= 11 is 0. The van der Waals surface area contributed by atoms with Crippen molar-refractivity contribution in [1.29, 1.82) is 0 Å². The molecule has 0 spiro atoms. The SMILES string of the molecule is COC(=O)c1cc(NC(=O)CO/N=C\c2ccccc2C)cc(C(=O)OC)c1. The van der Waals surface area contributed by atoms with Gasteiger partial charge in [0.1, 0.15) is 0 Å². The molecule has 0 saturated carbocycles. The molecule has 8 nitrogen and oxygen atoms in total. The number of aryl methyl sites for hydroxylation is 1. The number of carbonyl (C=O) groups excluding carboxylic acids is 3. The van der Waals surface area contributed by atoms with Crippen LogP contribution in [0.15, 0.2) is 47.6 Å². The molecule has 0 radical (unpaired) electrons. The number of anilines is 1. The molecule has 1 N–H and O–H groups in total. The maximum absolute atomic E-state index is 12.0. The predicted octanol–water partition coefficient (Wildman–Crippen LogP) is 2.56. The molecule has 0 aliphatic heterocycles. The van der Waals surface area contributed by atoms with Crippen molar-refractivity contribution in [3.63, 3.8) is 0 Å². The van der Waals surface area contributed by atoms with Gasteiger partial charge in [-0.15, -0.1) is 0 Å². The van der Waals surface area contributed by atoms with E-state index in [9.17, 15) is 14.4 Å². The van der Waals surface area contributed by atoms with Gasteiger partial charge in [0.05, 0.1) is 31.6 Å². The first-order valence-electron chi connectivity index (χ1n) is 8.27. The van der Waals surface area contributed by atoms with Crippen molar-refractivity contribution in [2.24, 2.45) is 5.16 Å². The summed E-state index contributed by atoms with van der Waals surface area (Å²) in [6, 6.07) is 11.7. The van der Waals surface area contributed by atoms with E-state index >= 15 is 0 Å². The van der Waals surface area contributed by atoms with Crippen molar-refractivity contribution >= 4 is 29.7 Å². The van der Waals surface area contributed by atoms with Crippen LogP contribution in [0.2, 0.25) is 0 Å². The lowest BCUT2D eigenvalue weighted by molar-refractivity contribution is -0.120. The molecule has 2 aromatic carbocycles. The number of nitrogens with zero attached hydrogens (tertiary/aromatic N) is 1. The Hall–Kier alpha value is -3.68. The zero-order chi connectivity index (χ0) is 20.5. The molecule has 28 heavy (non-hydrogen) atoms. The highest BCUT2D eigenvalue weighted by atomic mass is 16.6. The molecule has 0 atom stereocenters. The van der Waals surface area contributed by atoms with Crippen LogP contribution in [0.25, 0.3) is 0 Å². The van der Waals surface area contributed by atoms with E-state index in [2.05, 4.69) is 19.9 Å². The lowest BCUT2D eigenvalue weighted by Crippen LogP contribution is -2.18. The van der Waals surface area contributed by atoms with Gasteiger partial charge in [0.2, 0.25) is 0 Å². The largest absolute Gasteiger partial charge is 0.465 e. The van der Waals surface area contributed by atoms with Crippen molar-refractivity contribution in [1.82, 2.24) is 0 Å². The third kappa shape index (κ3) is 5.66. The monoisotopic (exact) mass is 384 g/mol. The van der Waals surface area contributed by atoms with Gasteiger partial charge in [-0.25, -0.2) is 9.59 Å². The van der Waals surface area contributed by atoms with E-state index in [1.165, 1.54) is 38.6 Å². The van der Waals surface area contributed by atoms with E-state index in [0.717, 1.165) is 11.1 Å². The second-order valence-electron chi connectivity index (χ2n) is 5.69. The summed E-state index contributed by atoms with van der Waals surface area (Å²) in [4.78, 5) is 40.6. The molecular weight excluding hydrogens is 364 g/mol. The number of carbonyl (C=O) groups is 3. The van der Waals surface area contributed by atoms with E-state index in [0.29, 0.717) is 0 Å². The molecule has 0 aromatic heterocycles. The van der Waals surface area contributed by atoms with Crippen LogP contribution in [-0.2, 0) is 19.1 Å². The van der Waals surface area contributed by atoms with Gasteiger partial charge in [-0.05, 0) is 36.2 Å². The molecule has 146 valence electrons. The van der Waals surface area contributed by atoms with Gasteiger partial charge in [-0.3, -0.25) is 4.79 Å². The van der Waals surface area contributed by atoms with Crippen molar-refractivity contribution in [3.05, 3.63) is 64.7 Å². The standard InChI is InChI=1S/C20H20N2O6/c1-13-6-4-5-7-14(13)11-21-28-12-18(23)22-17-9-15(19(24)26-2)8-16(10-17)20(25)27-3/h4-11H,12H2,1-3H3,(H,22,23)/b21-11-. The van der Waals surface area contributed by atoms with E-state index < -0.39 is 17.8 Å². The molecule has 2 aromatic rings. The maximum atomic E-state index is 12.0. The number of esters is 2. The second-order valence-corrected chi connectivity index (χ2v) is 5.69. The zero-order valence-corrected chi connectivity index (χ0v) is 15.7. The Labute approximate surface area is 162 Å². The highest BCUT2D eigenvalue weighted by Gasteiger charge is 2.15. The molecule has 2 rings (SSSR count). The first-order chi connectivity index (χ1) is 13.4. The van der Waals surface area contributed by atoms with Crippen molar-refractivity contribution in [2.75, 3.05) is 26.1 Å². The van der Waals surface area contributed by atoms with Gasteiger partial charge in [0.25, 0.3) is 5.91 Å². The summed E-state index contributed by atoms with van der Waals surface area (Å²) in [5.41, 5.74) is 2.31. The summed E-state index contributed by atoms with van der Waals surface area (Å²) in [5, 5.41) is 6.31. The van der Waals surface area contributed by atoms with E-state index in [1.54, 1.807) is 0 Å². The number of benzene rings is 2.